The first-order valence-corrected chi connectivity index (χ1v) is 4.35. The molecule has 0 aromatic carbocycles. The third-order valence-electron chi connectivity index (χ3n) is 1.41. The normalized spacial score (nSPS) is 17.9. The zero-order valence-corrected chi connectivity index (χ0v) is 7.08. The lowest BCUT2D eigenvalue weighted by atomic mass is 10.4. The number of nitrogens with zero attached hydrogens (tertiary/aromatic N) is 1. The minimum Gasteiger partial charge on any atom is -0.354 e. The smallest absolute Gasteiger partial charge is 0.354 e. The highest BCUT2D eigenvalue weighted by atomic mass is 32.2. The summed E-state index contributed by atoms with van der Waals surface area (Å²) in [7, 11) is 0. The van der Waals surface area contributed by atoms with Gasteiger partial charge < -0.3 is 4.90 Å². The van der Waals surface area contributed by atoms with Gasteiger partial charge in [0, 0.05) is 12.0 Å². The predicted molar refractivity (Wildman–Crippen MR) is 43.5 cm³/mol. The fourth-order valence-corrected chi connectivity index (χ4v) is 1.84. The summed E-state index contributed by atoms with van der Waals surface area (Å²) in [4.78, 5) is 1.25. The molecule has 0 fully saturated rings. The third kappa shape index (κ3) is 1.97. The molecule has 1 aliphatic rings. The molecule has 0 saturated carbocycles. The van der Waals surface area contributed by atoms with Gasteiger partial charge in [-0.2, -0.15) is 13.2 Å². The monoisotopic (exact) mass is 195 g/mol. The molecule has 1 rings (SSSR count). The lowest BCUT2D eigenvalue weighted by Gasteiger charge is -2.21. The summed E-state index contributed by atoms with van der Waals surface area (Å²) in [6.45, 7) is 3.64. The summed E-state index contributed by atoms with van der Waals surface area (Å²) in [5, 5.41) is 1.14. The van der Waals surface area contributed by atoms with Crippen LogP contribution in [0.1, 0.15) is 0 Å². The quantitative estimate of drug-likeness (QED) is 0.623. The van der Waals surface area contributed by atoms with Crippen molar-refractivity contribution in [1.29, 1.82) is 0 Å². The largest absolute Gasteiger partial charge is 0.431 e. The summed E-state index contributed by atoms with van der Waals surface area (Å²) >= 11 is 1.15. The third-order valence-corrected chi connectivity index (χ3v) is 2.26. The van der Waals surface area contributed by atoms with Gasteiger partial charge in [0.25, 0.3) is 0 Å². The standard InChI is InChI=1S/C7H8F3NS/c1-2-3-11-5-12-4-6(11)7(8,9)10/h2,4H,1,3,5H2. The maximum Gasteiger partial charge on any atom is 0.431 e. The molecule has 0 N–H and O–H groups in total. The van der Waals surface area contributed by atoms with E-state index in [1.54, 1.807) is 0 Å². The van der Waals surface area contributed by atoms with Crippen molar-refractivity contribution in [2.45, 2.75) is 6.18 Å². The highest BCUT2D eigenvalue weighted by Crippen LogP contribution is 2.35. The molecular weight excluding hydrogens is 187 g/mol. The van der Waals surface area contributed by atoms with Crippen LogP contribution in [-0.4, -0.2) is 23.5 Å². The molecule has 1 heterocycles. The molecule has 0 unspecified atom stereocenters. The van der Waals surface area contributed by atoms with Crippen LogP contribution in [0.4, 0.5) is 13.2 Å². The molecule has 0 saturated heterocycles. The van der Waals surface area contributed by atoms with Crippen molar-refractivity contribution in [1.82, 2.24) is 4.90 Å². The van der Waals surface area contributed by atoms with Crippen LogP contribution < -0.4 is 0 Å². The van der Waals surface area contributed by atoms with Gasteiger partial charge in [-0.1, -0.05) is 6.08 Å². The van der Waals surface area contributed by atoms with Gasteiger partial charge in [-0.15, -0.1) is 18.3 Å². The number of rotatable bonds is 2. The second-order valence-corrected chi connectivity index (χ2v) is 3.13. The second kappa shape index (κ2) is 3.43. The number of halogens is 3. The van der Waals surface area contributed by atoms with E-state index in [0.29, 0.717) is 5.88 Å². The van der Waals surface area contributed by atoms with Gasteiger partial charge in [-0.05, 0) is 0 Å². The van der Waals surface area contributed by atoms with Crippen molar-refractivity contribution >= 4 is 11.8 Å². The SMILES string of the molecule is C=CCN1CSC=C1C(F)(F)F. The van der Waals surface area contributed by atoms with Gasteiger partial charge in [-0.3, -0.25) is 0 Å². The van der Waals surface area contributed by atoms with Crippen LogP contribution in [-0.2, 0) is 0 Å². The van der Waals surface area contributed by atoms with E-state index in [9.17, 15) is 13.2 Å². The van der Waals surface area contributed by atoms with Crippen LogP contribution in [0, 0.1) is 0 Å². The van der Waals surface area contributed by atoms with E-state index in [2.05, 4.69) is 6.58 Å². The van der Waals surface area contributed by atoms with E-state index in [1.165, 1.54) is 11.0 Å². The lowest BCUT2D eigenvalue weighted by Crippen LogP contribution is -2.28. The minimum atomic E-state index is -4.23. The Hall–Kier alpha value is -0.580. The Kier molecular flexibility index (Phi) is 2.72. The Morgan fingerprint density at radius 3 is 2.83 bits per heavy atom. The van der Waals surface area contributed by atoms with E-state index in [0.717, 1.165) is 17.2 Å². The highest BCUT2D eigenvalue weighted by molar-refractivity contribution is 8.02. The van der Waals surface area contributed by atoms with Gasteiger partial charge in [0.1, 0.15) is 5.70 Å². The molecule has 0 atom stereocenters. The van der Waals surface area contributed by atoms with Crippen LogP contribution >= 0.6 is 11.8 Å². The number of thioether (sulfide) groups is 1. The van der Waals surface area contributed by atoms with Crippen LogP contribution in [0.5, 0.6) is 0 Å². The van der Waals surface area contributed by atoms with Crippen molar-refractivity contribution in [3.8, 4) is 0 Å². The molecule has 0 bridgehead atoms. The summed E-state index contributed by atoms with van der Waals surface area (Å²) in [6.07, 6.45) is -2.77. The molecule has 5 heteroatoms. The summed E-state index contributed by atoms with van der Waals surface area (Å²) in [5.74, 6) is 0.362. The Morgan fingerprint density at radius 2 is 2.33 bits per heavy atom. The molecular formula is C7H8F3NS. The minimum absolute atomic E-state index is 0.248. The van der Waals surface area contributed by atoms with Crippen LogP contribution in [0.3, 0.4) is 0 Å². The van der Waals surface area contributed by atoms with Crippen molar-refractivity contribution in [3.05, 3.63) is 23.8 Å². The number of alkyl halides is 3. The maximum absolute atomic E-state index is 12.2. The fraction of sp³-hybridized carbons (Fsp3) is 0.429. The maximum atomic E-state index is 12.2. The first-order chi connectivity index (χ1) is 5.55. The van der Waals surface area contributed by atoms with Crippen molar-refractivity contribution in [2.24, 2.45) is 0 Å². The van der Waals surface area contributed by atoms with E-state index in [1.807, 2.05) is 0 Å². The molecule has 0 aromatic heterocycles. The number of hydrogen-bond donors (Lipinski definition) is 0. The molecule has 1 aliphatic heterocycles. The van der Waals surface area contributed by atoms with E-state index in [4.69, 9.17) is 0 Å². The average molecular weight is 195 g/mol. The van der Waals surface area contributed by atoms with Crippen molar-refractivity contribution in [3.63, 3.8) is 0 Å². The Balaban J connectivity index is 2.69. The van der Waals surface area contributed by atoms with Gasteiger partial charge in [0.15, 0.2) is 0 Å². The molecule has 68 valence electrons. The molecule has 0 amide bonds. The molecule has 0 radical (unpaired) electrons. The number of hydrogen-bond acceptors (Lipinski definition) is 2. The lowest BCUT2D eigenvalue weighted by molar-refractivity contribution is -0.108. The summed E-state index contributed by atoms with van der Waals surface area (Å²) in [6, 6.07) is 0. The summed E-state index contributed by atoms with van der Waals surface area (Å²) < 4.78 is 36.5. The first-order valence-electron chi connectivity index (χ1n) is 3.30. The van der Waals surface area contributed by atoms with Gasteiger partial charge >= 0.3 is 6.18 Å². The zero-order valence-electron chi connectivity index (χ0n) is 6.27. The van der Waals surface area contributed by atoms with E-state index in [-0.39, 0.29) is 6.54 Å². The van der Waals surface area contributed by atoms with Gasteiger partial charge in [0.05, 0.1) is 5.88 Å². The first kappa shape index (κ1) is 9.51. The Bertz CT molecular complexity index is 209. The second-order valence-electron chi connectivity index (χ2n) is 2.31. The topological polar surface area (TPSA) is 3.24 Å². The van der Waals surface area contributed by atoms with E-state index < -0.39 is 11.9 Å². The molecule has 1 nitrogen and oxygen atoms in total. The van der Waals surface area contributed by atoms with Crippen molar-refractivity contribution in [2.75, 3.05) is 12.4 Å². The molecule has 0 spiro atoms. The average Bonchev–Trinajstić information content (AvgIpc) is 2.34. The Morgan fingerprint density at radius 1 is 1.67 bits per heavy atom. The number of allylic oxidation sites excluding steroid dienone is 1. The van der Waals surface area contributed by atoms with Gasteiger partial charge in [-0.25, -0.2) is 0 Å². The fourth-order valence-electron chi connectivity index (χ4n) is 0.903. The van der Waals surface area contributed by atoms with Crippen LogP contribution in [0.2, 0.25) is 0 Å². The summed E-state index contributed by atoms with van der Waals surface area (Å²) in [5.41, 5.74) is -0.563. The highest BCUT2D eigenvalue weighted by Gasteiger charge is 2.39. The molecule has 0 aromatic rings. The van der Waals surface area contributed by atoms with Crippen LogP contribution in [0.15, 0.2) is 23.8 Å². The predicted octanol–water partition coefficient (Wildman–Crippen LogP) is 2.58. The zero-order chi connectivity index (χ0) is 9.19. The van der Waals surface area contributed by atoms with Crippen LogP contribution in [0.25, 0.3) is 0 Å². The van der Waals surface area contributed by atoms with Crippen molar-refractivity contribution < 1.29 is 13.2 Å². The molecule has 12 heavy (non-hydrogen) atoms. The Labute approximate surface area is 72.9 Å². The van der Waals surface area contributed by atoms with Gasteiger partial charge in [0.2, 0.25) is 0 Å². The van der Waals surface area contributed by atoms with E-state index >= 15 is 0 Å². The molecule has 0 aliphatic carbocycles.